The Kier molecular flexibility index (Phi) is 7.16. The topological polar surface area (TPSA) is 0 Å². The van der Waals surface area contributed by atoms with Gasteiger partial charge in [0, 0.05) is 0 Å². The highest BCUT2D eigenvalue weighted by atomic mass is 35.5. The molecule has 0 nitrogen and oxygen atoms in total. The van der Waals surface area contributed by atoms with E-state index >= 15 is 0 Å². The van der Waals surface area contributed by atoms with Gasteiger partial charge in [-0.25, -0.2) is 0 Å². The fourth-order valence-corrected chi connectivity index (χ4v) is 1.19. The molecule has 0 radical (unpaired) electrons. The zero-order valence-electron chi connectivity index (χ0n) is 6.94. The number of allylic oxidation sites excluding steroid dienone is 2. The number of hydrogen-bond acceptors (Lipinski definition) is 0. The molecule has 0 N–H and O–H groups in total. The molecule has 1 unspecified atom stereocenters. The van der Waals surface area contributed by atoms with Crippen molar-refractivity contribution in [3.8, 4) is 0 Å². The van der Waals surface area contributed by atoms with Crippen LogP contribution in [-0.2, 0) is 0 Å². The average molecular weight is 161 g/mol. The van der Waals surface area contributed by atoms with E-state index in [4.69, 9.17) is 11.6 Å². The molecule has 0 fully saturated rings. The number of alkyl halides is 1. The molecule has 0 aromatic rings. The summed E-state index contributed by atoms with van der Waals surface area (Å²) in [5.74, 6) is 0. The molecular weight excluding hydrogens is 144 g/mol. The minimum atomic E-state index is 0.261. The third kappa shape index (κ3) is 6.15. The van der Waals surface area contributed by atoms with E-state index in [1.54, 1.807) is 0 Å². The lowest BCUT2D eigenvalue weighted by atomic mass is 10.1. The Bertz CT molecular complexity index is 86.7. The van der Waals surface area contributed by atoms with Crippen molar-refractivity contribution in [3.05, 3.63) is 12.2 Å². The highest BCUT2D eigenvalue weighted by Crippen LogP contribution is 2.09. The van der Waals surface area contributed by atoms with Gasteiger partial charge < -0.3 is 0 Å². The first-order valence-corrected chi connectivity index (χ1v) is 4.51. The largest absolute Gasteiger partial charge is 0.118 e. The summed E-state index contributed by atoms with van der Waals surface area (Å²) in [6.07, 6.45) is 9.04. The van der Waals surface area contributed by atoms with Gasteiger partial charge in [0.25, 0.3) is 0 Å². The predicted octanol–water partition coefficient (Wildman–Crippen LogP) is 3.75. The molecule has 0 aliphatic heterocycles. The highest BCUT2D eigenvalue weighted by molar-refractivity contribution is 6.21. The van der Waals surface area contributed by atoms with Gasteiger partial charge in [0.05, 0.1) is 5.38 Å². The van der Waals surface area contributed by atoms with E-state index in [-0.39, 0.29) is 5.38 Å². The van der Waals surface area contributed by atoms with Crippen molar-refractivity contribution in [2.75, 3.05) is 0 Å². The number of halogens is 1. The molecule has 0 heterocycles. The van der Waals surface area contributed by atoms with Gasteiger partial charge in [-0.3, -0.25) is 0 Å². The minimum absolute atomic E-state index is 0.261. The second-order valence-corrected chi connectivity index (χ2v) is 3.10. The van der Waals surface area contributed by atoms with Crippen molar-refractivity contribution in [2.24, 2.45) is 0 Å². The van der Waals surface area contributed by atoms with Gasteiger partial charge in [0.1, 0.15) is 0 Å². The first-order chi connectivity index (χ1) is 4.81. The molecule has 0 saturated carbocycles. The molecule has 0 amide bonds. The van der Waals surface area contributed by atoms with E-state index in [9.17, 15) is 0 Å². The van der Waals surface area contributed by atoms with Crippen LogP contribution in [0.25, 0.3) is 0 Å². The van der Waals surface area contributed by atoms with Crippen LogP contribution in [0.1, 0.15) is 39.5 Å². The van der Waals surface area contributed by atoms with Gasteiger partial charge in [-0.05, 0) is 13.3 Å². The van der Waals surface area contributed by atoms with E-state index < -0.39 is 0 Å². The second-order valence-electron chi connectivity index (χ2n) is 2.54. The SMILES string of the molecule is CC=CC(Cl)CCCCC. The van der Waals surface area contributed by atoms with Crippen LogP contribution in [0.4, 0.5) is 0 Å². The summed E-state index contributed by atoms with van der Waals surface area (Å²) >= 11 is 5.93. The van der Waals surface area contributed by atoms with Gasteiger partial charge in [-0.15, -0.1) is 11.6 Å². The van der Waals surface area contributed by atoms with E-state index in [2.05, 4.69) is 13.0 Å². The molecule has 60 valence electrons. The Morgan fingerprint density at radius 3 is 2.60 bits per heavy atom. The summed E-state index contributed by atoms with van der Waals surface area (Å²) in [6.45, 7) is 4.22. The molecule has 1 atom stereocenters. The van der Waals surface area contributed by atoms with E-state index in [0.29, 0.717) is 0 Å². The minimum Gasteiger partial charge on any atom is -0.118 e. The molecule has 0 bridgehead atoms. The van der Waals surface area contributed by atoms with Gasteiger partial charge in [-0.2, -0.15) is 0 Å². The van der Waals surface area contributed by atoms with Crippen molar-refractivity contribution in [1.82, 2.24) is 0 Å². The Labute approximate surface area is 69.3 Å². The lowest BCUT2D eigenvalue weighted by molar-refractivity contribution is 0.677. The summed E-state index contributed by atoms with van der Waals surface area (Å²) in [5, 5.41) is 0.261. The monoisotopic (exact) mass is 160 g/mol. The summed E-state index contributed by atoms with van der Waals surface area (Å²) in [4.78, 5) is 0. The van der Waals surface area contributed by atoms with E-state index in [1.165, 1.54) is 19.3 Å². The van der Waals surface area contributed by atoms with Crippen LogP contribution in [0, 0.1) is 0 Å². The van der Waals surface area contributed by atoms with Crippen molar-refractivity contribution >= 4 is 11.6 Å². The Balaban J connectivity index is 3.13. The maximum absolute atomic E-state index is 5.93. The second kappa shape index (κ2) is 7.14. The predicted molar refractivity (Wildman–Crippen MR) is 48.6 cm³/mol. The van der Waals surface area contributed by atoms with Crippen LogP contribution in [0.5, 0.6) is 0 Å². The maximum atomic E-state index is 5.93. The van der Waals surface area contributed by atoms with Gasteiger partial charge in [0.2, 0.25) is 0 Å². The van der Waals surface area contributed by atoms with Gasteiger partial charge in [-0.1, -0.05) is 38.3 Å². The first kappa shape index (κ1) is 10.0. The van der Waals surface area contributed by atoms with Crippen LogP contribution in [0.2, 0.25) is 0 Å². The van der Waals surface area contributed by atoms with Gasteiger partial charge >= 0.3 is 0 Å². The van der Waals surface area contributed by atoms with Crippen LogP contribution in [-0.4, -0.2) is 5.38 Å². The number of rotatable bonds is 5. The Morgan fingerprint density at radius 1 is 1.40 bits per heavy atom. The third-order valence-corrected chi connectivity index (χ3v) is 1.85. The van der Waals surface area contributed by atoms with Crippen molar-refractivity contribution in [3.63, 3.8) is 0 Å². The zero-order chi connectivity index (χ0) is 7.82. The van der Waals surface area contributed by atoms with Crippen LogP contribution in [0.15, 0.2) is 12.2 Å². The molecule has 0 aliphatic carbocycles. The molecule has 0 spiro atoms. The summed E-state index contributed by atoms with van der Waals surface area (Å²) < 4.78 is 0. The highest BCUT2D eigenvalue weighted by Gasteiger charge is 1.96. The Hall–Kier alpha value is 0.0300. The standard InChI is InChI=1S/C9H17Cl/c1-3-5-6-8-9(10)7-4-2/h4,7,9H,3,5-6,8H2,1-2H3. The molecular formula is C9H17Cl. The van der Waals surface area contributed by atoms with Gasteiger partial charge in [0.15, 0.2) is 0 Å². The molecule has 0 saturated heterocycles. The summed E-state index contributed by atoms with van der Waals surface area (Å²) in [6, 6.07) is 0. The molecule has 0 aromatic carbocycles. The first-order valence-electron chi connectivity index (χ1n) is 4.08. The Morgan fingerprint density at radius 2 is 2.10 bits per heavy atom. The summed E-state index contributed by atoms with van der Waals surface area (Å²) in [7, 11) is 0. The lowest BCUT2D eigenvalue weighted by Crippen LogP contribution is -1.91. The quantitative estimate of drug-likeness (QED) is 0.327. The zero-order valence-corrected chi connectivity index (χ0v) is 7.69. The van der Waals surface area contributed by atoms with Crippen LogP contribution >= 0.6 is 11.6 Å². The average Bonchev–Trinajstić information content (AvgIpc) is 1.89. The van der Waals surface area contributed by atoms with Crippen molar-refractivity contribution < 1.29 is 0 Å². The lowest BCUT2D eigenvalue weighted by Gasteiger charge is -2.01. The van der Waals surface area contributed by atoms with E-state index in [1.807, 2.05) is 13.0 Å². The smallest absolute Gasteiger partial charge is 0.0515 e. The fraction of sp³-hybridized carbons (Fsp3) is 0.778. The van der Waals surface area contributed by atoms with Crippen molar-refractivity contribution in [2.45, 2.75) is 44.9 Å². The summed E-state index contributed by atoms with van der Waals surface area (Å²) in [5.41, 5.74) is 0. The molecule has 0 rings (SSSR count). The third-order valence-electron chi connectivity index (χ3n) is 1.48. The van der Waals surface area contributed by atoms with Crippen molar-refractivity contribution in [1.29, 1.82) is 0 Å². The molecule has 1 heteroatoms. The normalized spacial score (nSPS) is 14.3. The maximum Gasteiger partial charge on any atom is 0.0515 e. The number of hydrogen-bond donors (Lipinski definition) is 0. The molecule has 0 aliphatic rings. The van der Waals surface area contributed by atoms with E-state index in [0.717, 1.165) is 6.42 Å². The molecule has 10 heavy (non-hydrogen) atoms. The fourth-order valence-electron chi connectivity index (χ4n) is 0.894. The van der Waals surface area contributed by atoms with Crippen LogP contribution in [0.3, 0.4) is 0 Å². The van der Waals surface area contributed by atoms with Crippen LogP contribution < -0.4 is 0 Å². The number of unbranched alkanes of at least 4 members (excludes halogenated alkanes) is 2. The molecule has 0 aromatic heterocycles.